The van der Waals surface area contributed by atoms with Gasteiger partial charge in [0, 0.05) is 16.8 Å². The van der Waals surface area contributed by atoms with Gasteiger partial charge >= 0.3 is 0 Å². The zero-order valence-corrected chi connectivity index (χ0v) is 17.8. The van der Waals surface area contributed by atoms with Crippen molar-refractivity contribution in [2.75, 3.05) is 12.4 Å². The van der Waals surface area contributed by atoms with Crippen molar-refractivity contribution in [1.29, 1.82) is 0 Å². The number of amides is 1. The molecule has 1 amide bonds. The lowest BCUT2D eigenvalue weighted by Crippen LogP contribution is -2.12. The molecule has 6 heteroatoms. The fourth-order valence-corrected chi connectivity index (χ4v) is 3.64. The second-order valence-corrected chi connectivity index (χ2v) is 7.68. The Morgan fingerprint density at radius 2 is 1.90 bits per heavy atom. The van der Waals surface area contributed by atoms with Gasteiger partial charge in [-0.2, -0.15) is 0 Å². The molecule has 0 aliphatic carbocycles. The maximum Gasteiger partial charge on any atom is 0.255 e. The van der Waals surface area contributed by atoms with E-state index in [0.29, 0.717) is 17.2 Å². The maximum absolute atomic E-state index is 12.6. The molecule has 0 saturated carbocycles. The Labute approximate surface area is 176 Å². The van der Waals surface area contributed by atoms with Crippen LogP contribution in [-0.2, 0) is 0 Å². The molecular weight excluding hydrogens is 432 g/mol. The van der Waals surface area contributed by atoms with Crippen molar-refractivity contribution in [3.8, 4) is 17.2 Å². The number of halogens is 1. The highest BCUT2D eigenvalue weighted by Crippen LogP contribution is 2.29. The van der Waals surface area contributed by atoms with Crippen LogP contribution in [0.25, 0.3) is 22.6 Å². The molecule has 1 heterocycles. The molecule has 4 aromatic rings. The number of carbonyl (C=O) groups is 1. The van der Waals surface area contributed by atoms with E-state index in [-0.39, 0.29) is 5.91 Å². The van der Waals surface area contributed by atoms with Crippen LogP contribution in [0.15, 0.2) is 63.5 Å². The normalized spacial score (nSPS) is 10.9. The largest absolute Gasteiger partial charge is 0.496 e. The molecule has 0 unspecified atom stereocenters. The molecule has 0 aliphatic rings. The number of carbonyl (C=O) groups excluding carboxylic acids is 1. The summed E-state index contributed by atoms with van der Waals surface area (Å²) in [4.78, 5) is 17.2. The predicted octanol–water partition coefficient (Wildman–Crippen LogP) is 6.14. The van der Waals surface area contributed by atoms with Crippen molar-refractivity contribution in [3.05, 3.63) is 75.8 Å². The second-order valence-electron chi connectivity index (χ2n) is 6.82. The van der Waals surface area contributed by atoms with Crippen molar-refractivity contribution < 1.29 is 13.9 Å². The zero-order valence-electron chi connectivity index (χ0n) is 16.2. The molecule has 0 fully saturated rings. The summed E-state index contributed by atoms with van der Waals surface area (Å²) in [5, 5.41) is 2.95. The molecule has 29 heavy (non-hydrogen) atoms. The van der Waals surface area contributed by atoms with Crippen LogP contribution >= 0.6 is 15.9 Å². The van der Waals surface area contributed by atoms with E-state index in [9.17, 15) is 4.79 Å². The highest BCUT2D eigenvalue weighted by Gasteiger charge is 2.13. The molecule has 3 aromatic carbocycles. The van der Waals surface area contributed by atoms with Crippen molar-refractivity contribution >= 4 is 38.6 Å². The number of ether oxygens (including phenoxy) is 1. The van der Waals surface area contributed by atoms with Gasteiger partial charge in [0.2, 0.25) is 5.89 Å². The van der Waals surface area contributed by atoms with E-state index in [1.54, 1.807) is 25.3 Å². The number of fused-ring (bicyclic) bond motifs is 1. The van der Waals surface area contributed by atoms with Gasteiger partial charge in [0.25, 0.3) is 5.91 Å². The van der Waals surface area contributed by atoms with E-state index < -0.39 is 0 Å². The van der Waals surface area contributed by atoms with Gasteiger partial charge in [-0.1, -0.05) is 6.07 Å². The Hall–Kier alpha value is -3.12. The fourth-order valence-electron chi connectivity index (χ4n) is 3.10. The summed E-state index contributed by atoms with van der Waals surface area (Å²) in [7, 11) is 1.59. The molecular formula is C23H19BrN2O3. The van der Waals surface area contributed by atoms with Gasteiger partial charge < -0.3 is 14.5 Å². The second kappa shape index (κ2) is 7.72. The first-order valence-electron chi connectivity index (χ1n) is 9.08. The number of nitrogens with zero attached hydrogens (tertiary/aromatic N) is 1. The fraction of sp³-hybridized carbons (Fsp3) is 0.130. The van der Waals surface area contributed by atoms with Gasteiger partial charge in [-0.3, -0.25) is 4.79 Å². The van der Waals surface area contributed by atoms with Crippen LogP contribution in [-0.4, -0.2) is 18.0 Å². The van der Waals surface area contributed by atoms with E-state index in [2.05, 4.69) is 26.2 Å². The minimum atomic E-state index is -0.193. The van der Waals surface area contributed by atoms with Crippen LogP contribution in [0.2, 0.25) is 0 Å². The number of nitrogens with one attached hydrogen (secondary N) is 1. The Morgan fingerprint density at radius 3 is 2.62 bits per heavy atom. The van der Waals surface area contributed by atoms with Gasteiger partial charge in [0.15, 0.2) is 5.58 Å². The van der Waals surface area contributed by atoms with Crippen LogP contribution in [0.3, 0.4) is 0 Å². The molecule has 5 nitrogen and oxygen atoms in total. The Morgan fingerprint density at radius 1 is 1.07 bits per heavy atom. The lowest BCUT2D eigenvalue weighted by atomic mass is 10.1. The smallest absolute Gasteiger partial charge is 0.255 e. The summed E-state index contributed by atoms with van der Waals surface area (Å²) >= 11 is 3.41. The molecule has 0 spiro atoms. The Balaban J connectivity index is 1.58. The van der Waals surface area contributed by atoms with Gasteiger partial charge in [0.05, 0.1) is 11.6 Å². The summed E-state index contributed by atoms with van der Waals surface area (Å²) < 4.78 is 11.8. The summed E-state index contributed by atoms with van der Waals surface area (Å²) in [6, 6.07) is 16.8. The maximum atomic E-state index is 12.6. The number of hydrogen-bond donors (Lipinski definition) is 1. The number of anilines is 1. The molecule has 0 saturated heterocycles. The SMILES string of the molecule is COc1ccc(C(=O)Nc2ccc(-c3nc4cc(C)ccc4o3)cc2C)cc1Br. The Kier molecular flexibility index (Phi) is 5.11. The molecule has 0 aliphatic heterocycles. The number of hydrogen-bond acceptors (Lipinski definition) is 4. The van der Waals surface area contributed by atoms with E-state index >= 15 is 0 Å². The highest BCUT2D eigenvalue weighted by molar-refractivity contribution is 9.10. The Bertz CT molecular complexity index is 1230. The summed E-state index contributed by atoms with van der Waals surface area (Å²) in [6.07, 6.45) is 0. The van der Waals surface area contributed by atoms with Gasteiger partial charge in [0.1, 0.15) is 11.3 Å². The summed E-state index contributed by atoms with van der Waals surface area (Å²) in [5.74, 6) is 1.04. The zero-order chi connectivity index (χ0) is 20.5. The van der Waals surface area contributed by atoms with Crippen molar-refractivity contribution in [3.63, 3.8) is 0 Å². The number of aryl methyl sites for hydroxylation is 2. The number of rotatable bonds is 4. The molecule has 1 aromatic heterocycles. The number of methoxy groups -OCH3 is 1. The molecule has 0 bridgehead atoms. The number of benzene rings is 3. The van der Waals surface area contributed by atoms with Gasteiger partial charge in [-0.05, 0) is 89.4 Å². The van der Waals surface area contributed by atoms with E-state index in [1.807, 2.05) is 50.2 Å². The quantitative estimate of drug-likeness (QED) is 0.405. The van der Waals surface area contributed by atoms with Crippen LogP contribution in [0.5, 0.6) is 5.75 Å². The molecule has 0 atom stereocenters. The summed E-state index contributed by atoms with van der Waals surface area (Å²) in [5.41, 5.74) is 5.78. The average Bonchev–Trinajstić information content (AvgIpc) is 3.12. The lowest BCUT2D eigenvalue weighted by Gasteiger charge is -2.10. The van der Waals surface area contributed by atoms with Crippen molar-refractivity contribution in [2.45, 2.75) is 13.8 Å². The first-order chi connectivity index (χ1) is 13.9. The lowest BCUT2D eigenvalue weighted by molar-refractivity contribution is 0.102. The van der Waals surface area contributed by atoms with Crippen LogP contribution < -0.4 is 10.1 Å². The van der Waals surface area contributed by atoms with Gasteiger partial charge in [-0.25, -0.2) is 4.98 Å². The van der Waals surface area contributed by atoms with Crippen molar-refractivity contribution in [1.82, 2.24) is 4.98 Å². The summed E-state index contributed by atoms with van der Waals surface area (Å²) in [6.45, 7) is 3.96. The van der Waals surface area contributed by atoms with E-state index in [4.69, 9.17) is 9.15 Å². The van der Waals surface area contributed by atoms with Crippen molar-refractivity contribution in [2.24, 2.45) is 0 Å². The van der Waals surface area contributed by atoms with E-state index in [0.717, 1.165) is 38.0 Å². The standard InChI is InChI=1S/C23H19BrN2O3/c1-13-4-8-21-19(10-13)26-23(29-21)16-5-7-18(14(2)11-16)25-22(27)15-6-9-20(28-3)17(24)12-15/h4-12H,1-3H3,(H,25,27). The third-order valence-electron chi connectivity index (χ3n) is 4.68. The molecule has 0 radical (unpaired) electrons. The van der Waals surface area contributed by atoms with Crippen LogP contribution in [0.4, 0.5) is 5.69 Å². The topological polar surface area (TPSA) is 64.4 Å². The first-order valence-corrected chi connectivity index (χ1v) is 9.87. The molecule has 146 valence electrons. The molecule has 1 N–H and O–H groups in total. The van der Waals surface area contributed by atoms with Crippen LogP contribution in [0.1, 0.15) is 21.5 Å². The molecule has 4 rings (SSSR count). The highest BCUT2D eigenvalue weighted by atomic mass is 79.9. The monoisotopic (exact) mass is 450 g/mol. The predicted molar refractivity (Wildman–Crippen MR) is 118 cm³/mol. The number of aromatic nitrogens is 1. The number of oxazole rings is 1. The first kappa shape index (κ1) is 19.2. The third-order valence-corrected chi connectivity index (χ3v) is 5.30. The third kappa shape index (κ3) is 3.89. The van der Waals surface area contributed by atoms with Crippen LogP contribution in [0, 0.1) is 13.8 Å². The van der Waals surface area contributed by atoms with Gasteiger partial charge in [-0.15, -0.1) is 0 Å². The minimum absolute atomic E-state index is 0.193. The minimum Gasteiger partial charge on any atom is -0.496 e. The average molecular weight is 451 g/mol. The van der Waals surface area contributed by atoms with E-state index in [1.165, 1.54) is 0 Å².